The van der Waals surface area contributed by atoms with Crippen LogP contribution in [0, 0.1) is 5.82 Å². The van der Waals surface area contributed by atoms with Crippen molar-refractivity contribution < 1.29 is 22.7 Å². The predicted molar refractivity (Wildman–Crippen MR) is 117 cm³/mol. The van der Waals surface area contributed by atoms with E-state index >= 15 is 0 Å². The number of aliphatic hydroxyl groups excluding tert-OH is 1. The molecule has 2 N–H and O–H groups in total. The molecular formula is C21H20BrFN2O4S. The van der Waals surface area contributed by atoms with Gasteiger partial charge in [0.1, 0.15) is 5.82 Å². The number of carbonyl (C=O) groups excluding carboxylic acids is 1. The molecule has 158 valence electrons. The highest BCUT2D eigenvalue weighted by Crippen LogP contribution is 2.21. The van der Waals surface area contributed by atoms with Gasteiger partial charge in [-0.2, -0.15) is 0 Å². The lowest BCUT2D eigenvalue weighted by Gasteiger charge is -2.11. The van der Waals surface area contributed by atoms with Crippen LogP contribution >= 0.6 is 15.9 Å². The summed E-state index contributed by atoms with van der Waals surface area (Å²) in [6, 6.07) is 14.6. The van der Waals surface area contributed by atoms with Gasteiger partial charge >= 0.3 is 0 Å². The van der Waals surface area contributed by atoms with Crippen molar-refractivity contribution in [3.05, 3.63) is 87.4 Å². The largest absolute Gasteiger partial charge is 0.395 e. The first kappa shape index (κ1) is 22.2. The summed E-state index contributed by atoms with van der Waals surface area (Å²) in [5, 5.41) is 8.77. The van der Waals surface area contributed by atoms with Crippen molar-refractivity contribution in [3.8, 4) is 0 Å². The third-order valence-corrected chi connectivity index (χ3v) is 6.42. The molecule has 0 bridgehead atoms. The minimum atomic E-state index is -3.73. The maximum absolute atomic E-state index is 14.5. The fourth-order valence-electron chi connectivity index (χ4n) is 3.01. The van der Waals surface area contributed by atoms with Gasteiger partial charge in [-0.1, -0.05) is 22.0 Å². The summed E-state index contributed by atoms with van der Waals surface area (Å²) < 4.78 is 42.8. The highest BCUT2D eigenvalue weighted by molar-refractivity contribution is 9.10. The zero-order valence-electron chi connectivity index (χ0n) is 16.1. The average molecular weight is 495 g/mol. The number of hydrogen-bond donors (Lipinski definition) is 2. The molecule has 1 aromatic heterocycles. The molecule has 1 heterocycles. The zero-order chi connectivity index (χ0) is 21.9. The molecule has 0 aliphatic heterocycles. The number of rotatable bonds is 8. The van der Waals surface area contributed by atoms with Gasteiger partial charge in [0.25, 0.3) is 0 Å². The molecule has 9 heteroatoms. The summed E-state index contributed by atoms with van der Waals surface area (Å²) in [6.07, 6.45) is 0.236. The Morgan fingerprint density at radius 3 is 2.47 bits per heavy atom. The van der Waals surface area contributed by atoms with Crippen molar-refractivity contribution in [2.24, 2.45) is 7.05 Å². The quantitative estimate of drug-likeness (QED) is 0.469. The van der Waals surface area contributed by atoms with E-state index in [4.69, 9.17) is 5.11 Å². The second-order valence-electron chi connectivity index (χ2n) is 6.73. The first-order chi connectivity index (χ1) is 14.2. The molecule has 6 nitrogen and oxygen atoms in total. The Morgan fingerprint density at radius 2 is 1.83 bits per heavy atom. The van der Waals surface area contributed by atoms with Crippen LogP contribution < -0.4 is 4.72 Å². The lowest BCUT2D eigenvalue weighted by Crippen LogP contribution is -2.19. The Hall–Kier alpha value is -2.49. The van der Waals surface area contributed by atoms with Crippen molar-refractivity contribution >= 4 is 37.4 Å². The van der Waals surface area contributed by atoms with E-state index in [2.05, 4.69) is 20.7 Å². The molecule has 0 spiro atoms. The number of hydrogen-bond acceptors (Lipinski definition) is 4. The van der Waals surface area contributed by atoms with Crippen LogP contribution in [-0.4, -0.2) is 36.2 Å². The van der Waals surface area contributed by atoms with Crippen molar-refractivity contribution in [1.29, 1.82) is 0 Å². The minimum Gasteiger partial charge on any atom is -0.395 e. The molecule has 0 aliphatic rings. The molecule has 0 amide bonds. The number of ketones is 1. The topological polar surface area (TPSA) is 88.4 Å². The predicted octanol–water partition coefficient (Wildman–Crippen LogP) is 3.48. The summed E-state index contributed by atoms with van der Waals surface area (Å²) in [6.45, 7) is -0.523. The number of aromatic nitrogens is 1. The third kappa shape index (κ3) is 5.16. The smallest absolute Gasteiger partial charge is 0.234 e. The van der Waals surface area contributed by atoms with Gasteiger partial charge in [0.05, 0.1) is 23.7 Å². The van der Waals surface area contributed by atoms with Gasteiger partial charge in [0, 0.05) is 29.2 Å². The van der Waals surface area contributed by atoms with Crippen molar-refractivity contribution in [3.63, 3.8) is 0 Å². The summed E-state index contributed by atoms with van der Waals surface area (Å²) in [4.78, 5) is 12.7. The molecule has 0 saturated carbocycles. The van der Waals surface area contributed by atoms with Crippen LogP contribution in [0.15, 0.2) is 59.1 Å². The second kappa shape index (κ2) is 9.11. The summed E-state index contributed by atoms with van der Waals surface area (Å²) in [5.74, 6) is -1.17. The van der Waals surface area contributed by atoms with Gasteiger partial charge in [-0.15, -0.1) is 0 Å². The fraction of sp³-hybridized carbons (Fsp3) is 0.190. The SMILES string of the molecule is Cn1c(Cc2ccc(NS(=O)(=O)CCO)cc2F)ccc1C(=O)c1ccc(Br)cc1. The van der Waals surface area contributed by atoms with Crippen LogP contribution in [0.3, 0.4) is 0 Å². The number of halogens is 2. The highest BCUT2D eigenvalue weighted by Gasteiger charge is 2.16. The Balaban J connectivity index is 1.79. The summed E-state index contributed by atoms with van der Waals surface area (Å²) >= 11 is 3.34. The van der Waals surface area contributed by atoms with Gasteiger partial charge in [-0.3, -0.25) is 9.52 Å². The second-order valence-corrected chi connectivity index (χ2v) is 9.49. The third-order valence-electron chi connectivity index (χ3n) is 4.62. The molecule has 3 aromatic rings. The molecule has 2 aromatic carbocycles. The molecule has 0 fully saturated rings. The van der Waals surface area contributed by atoms with E-state index in [1.807, 2.05) is 0 Å². The van der Waals surface area contributed by atoms with E-state index in [1.54, 1.807) is 48.0 Å². The maximum atomic E-state index is 14.5. The molecule has 0 atom stereocenters. The number of sulfonamides is 1. The van der Waals surface area contributed by atoms with Crippen LogP contribution in [0.1, 0.15) is 27.3 Å². The van der Waals surface area contributed by atoms with E-state index in [0.717, 1.165) is 16.2 Å². The number of nitrogens with zero attached hydrogens (tertiary/aromatic N) is 1. The van der Waals surface area contributed by atoms with Gasteiger partial charge in [-0.05, 0) is 54.1 Å². The van der Waals surface area contributed by atoms with Crippen LogP contribution in [0.5, 0.6) is 0 Å². The number of anilines is 1. The molecule has 0 aliphatic carbocycles. The standard InChI is InChI=1S/C21H20BrFN2O4S/c1-25-18(8-9-20(25)21(27)14-2-5-16(22)6-3-14)12-15-4-7-17(13-19(15)23)24-30(28,29)11-10-26/h2-9,13,24,26H,10-12H2,1H3. The molecule has 30 heavy (non-hydrogen) atoms. The van der Waals surface area contributed by atoms with E-state index in [1.165, 1.54) is 12.1 Å². The first-order valence-electron chi connectivity index (χ1n) is 9.05. The van der Waals surface area contributed by atoms with Crippen molar-refractivity contribution in [2.75, 3.05) is 17.1 Å². The van der Waals surface area contributed by atoms with Crippen molar-refractivity contribution in [2.45, 2.75) is 6.42 Å². The molecule has 3 rings (SSSR count). The lowest BCUT2D eigenvalue weighted by molar-refractivity contribution is 0.103. The minimum absolute atomic E-state index is 0.0858. The van der Waals surface area contributed by atoms with Crippen LogP contribution in [0.25, 0.3) is 0 Å². The Kier molecular flexibility index (Phi) is 6.74. The number of aliphatic hydroxyl groups is 1. The van der Waals surface area contributed by atoms with Gasteiger partial charge in [0.15, 0.2) is 0 Å². The van der Waals surface area contributed by atoms with Crippen LogP contribution in [-0.2, 0) is 23.5 Å². The van der Waals surface area contributed by atoms with E-state index in [9.17, 15) is 17.6 Å². The number of benzene rings is 2. The fourth-order valence-corrected chi connectivity index (χ4v) is 4.10. The van der Waals surface area contributed by atoms with Gasteiger partial charge in [0.2, 0.25) is 15.8 Å². The van der Waals surface area contributed by atoms with Crippen LogP contribution in [0.2, 0.25) is 0 Å². The Bertz CT molecular complexity index is 1170. The van der Waals surface area contributed by atoms with E-state index in [0.29, 0.717) is 16.8 Å². The first-order valence-corrected chi connectivity index (χ1v) is 11.5. The summed E-state index contributed by atoms with van der Waals surface area (Å²) in [5.41, 5.74) is 2.23. The Labute approximate surface area is 182 Å². The van der Waals surface area contributed by atoms with Crippen molar-refractivity contribution in [1.82, 2.24) is 4.57 Å². The highest BCUT2D eigenvalue weighted by atomic mass is 79.9. The maximum Gasteiger partial charge on any atom is 0.234 e. The van der Waals surface area contributed by atoms with E-state index < -0.39 is 28.2 Å². The molecular weight excluding hydrogens is 475 g/mol. The monoisotopic (exact) mass is 494 g/mol. The van der Waals surface area contributed by atoms with Crippen LogP contribution in [0.4, 0.5) is 10.1 Å². The molecule has 0 unspecified atom stereocenters. The Morgan fingerprint density at radius 1 is 1.13 bits per heavy atom. The van der Waals surface area contributed by atoms with Gasteiger partial charge in [-0.25, -0.2) is 12.8 Å². The molecule has 0 radical (unpaired) electrons. The summed E-state index contributed by atoms with van der Waals surface area (Å²) in [7, 11) is -1.98. The zero-order valence-corrected chi connectivity index (χ0v) is 18.5. The number of carbonyl (C=O) groups is 1. The average Bonchev–Trinajstić information content (AvgIpc) is 3.04. The normalized spacial score (nSPS) is 11.5. The van der Waals surface area contributed by atoms with Gasteiger partial charge < -0.3 is 9.67 Å². The number of nitrogens with one attached hydrogen (secondary N) is 1. The van der Waals surface area contributed by atoms with E-state index in [-0.39, 0.29) is 17.9 Å². The lowest BCUT2D eigenvalue weighted by atomic mass is 10.1. The molecule has 0 saturated heterocycles.